The van der Waals surface area contributed by atoms with Crippen molar-refractivity contribution in [1.29, 1.82) is 0 Å². The van der Waals surface area contributed by atoms with Gasteiger partial charge < -0.3 is 10.0 Å². The fourth-order valence-electron chi connectivity index (χ4n) is 2.67. The zero-order chi connectivity index (χ0) is 15.4. The van der Waals surface area contributed by atoms with Crippen LogP contribution in [0.1, 0.15) is 42.5 Å². The van der Waals surface area contributed by atoms with Gasteiger partial charge in [0.2, 0.25) is 0 Å². The number of halogens is 2. The highest BCUT2D eigenvalue weighted by molar-refractivity contribution is 14.1. The van der Waals surface area contributed by atoms with Crippen LogP contribution in [0.2, 0.25) is 5.02 Å². The number of benzene rings is 1. The molecule has 6 heteroatoms. The smallest absolute Gasteiger partial charge is 0.303 e. The molecule has 1 saturated heterocycles. The lowest BCUT2D eigenvalue weighted by Gasteiger charge is -2.36. The van der Waals surface area contributed by atoms with E-state index in [0.29, 0.717) is 23.6 Å². The summed E-state index contributed by atoms with van der Waals surface area (Å²) in [7, 11) is 0. The summed E-state index contributed by atoms with van der Waals surface area (Å²) in [6, 6.07) is 5.29. The third-order valence-electron chi connectivity index (χ3n) is 3.74. The maximum atomic E-state index is 12.7. The second-order valence-electron chi connectivity index (χ2n) is 5.20. The molecule has 4 nitrogen and oxygen atoms in total. The number of amides is 1. The van der Waals surface area contributed by atoms with Crippen LogP contribution in [-0.2, 0) is 4.79 Å². The van der Waals surface area contributed by atoms with Gasteiger partial charge in [0, 0.05) is 27.6 Å². The highest BCUT2D eigenvalue weighted by Crippen LogP contribution is 2.26. The Hall–Kier alpha value is -0.820. The summed E-state index contributed by atoms with van der Waals surface area (Å²) >= 11 is 8.11. The van der Waals surface area contributed by atoms with Gasteiger partial charge in [-0.25, -0.2) is 0 Å². The van der Waals surface area contributed by atoms with Crippen molar-refractivity contribution in [3.8, 4) is 0 Å². The molecule has 1 atom stereocenters. The average Bonchev–Trinajstić information content (AvgIpc) is 2.47. The maximum absolute atomic E-state index is 12.7. The zero-order valence-electron chi connectivity index (χ0n) is 11.5. The van der Waals surface area contributed by atoms with Gasteiger partial charge in [0.1, 0.15) is 0 Å². The zero-order valence-corrected chi connectivity index (χ0v) is 14.4. The molecule has 114 valence electrons. The predicted octanol–water partition coefficient (Wildman–Crippen LogP) is 3.80. The third-order valence-corrected chi connectivity index (χ3v) is 4.91. The third kappa shape index (κ3) is 4.32. The molecule has 0 bridgehead atoms. The van der Waals surface area contributed by atoms with Crippen molar-refractivity contribution in [3.63, 3.8) is 0 Å². The number of rotatable bonds is 4. The summed E-state index contributed by atoms with van der Waals surface area (Å²) < 4.78 is 0.865. The Morgan fingerprint density at radius 1 is 1.38 bits per heavy atom. The summed E-state index contributed by atoms with van der Waals surface area (Å²) in [6.07, 6.45) is 3.49. The average molecular weight is 422 g/mol. The molecule has 1 amide bonds. The van der Waals surface area contributed by atoms with Crippen LogP contribution in [0.3, 0.4) is 0 Å². The van der Waals surface area contributed by atoms with E-state index in [1.807, 2.05) is 11.0 Å². The Balaban J connectivity index is 2.18. The fourth-order valence-corrected chi connectivity index (χ4v) is 3.41. The second-order valence-corrected chi connectivity index (χ2v) is 6.80. The summed E-state index contributed by atoms with van der Waals surface area (Å²) in [5, 5.41) is 9.38. The van der Waals surface area contributed by atoms with Crippen LogP contribution in [-0.4, -0.2) is 34.5 Å². The number of likely N-dealkylation sites (tertiary alicyclic amines) is 1. The molecule has 0 spiro atoms. The lowest BCUT2D eigenvalue weighted by atomic mass is 9.97. The van der Waals surface area contributed by atoms with Crippen LogP contribution in [0.25, 0.3) is 0 Å². The molecule has 2 rings (SSSR count). The Labute approximate surface area is 142 Å². The second kappa shape index (κ2) is 7.45. The Morgan fingerprint density at radius 2 is 2.14 bits per heavy atom. The van der Waals surface area contributed by atoms with Gasteiger partial charge in [-0.1, -0.05) is 11.6 Å². The molecule has 1 unspecified atom stereocenters. The molecule has 0 aromatic heterocycles. The summed E-state index contributed by atoms with van der Waals surface area (Å²) in [4.78, 5) is 25.3. The molecule has 1 aliphatic rings. The van der Waals surface area contributed by atoms with Crippen molar-refractivity contribution in [2.75, 3.05) is 6.54 Å². The SMILES string of the molecule is O=C(O)CCC1CCCCN1C(=O)c1cc(Cl)ccc1I. The van der Waals surface area contributed by atoms with Crippen molar-refractivity contribution >= 4 is 46.1 Å². The van der Waals surface area contributed by atoms with Crippen LogP contribution in [0.5, 0.6) is 0 Å². The molecule has 21 heavy (non-hydrogen) atoms. The number of hydrogen-bond acceptors (Lipinski definition) is 2. The number of piperidine rings is 1. The van der Waals surface area contributed by atoms with E-state index in [1.54, 1.807) is 12.1 Å². The highest BCUT2D eigenvalue weighted by Gasteiger charge is 2.28. The van der Waals surface area contributed by atoms with Gasteiger partial charge in [-0.3, -0.25) is 9.59 Å². The molecule has 1 N–H and O–H groups in total. The minimum atomic E-state index is -0.815. The van der Waals surface area contributed by atoms with Gasteiger partial charge >= 0.3 is 5.97 Å². The number of carbonyl (C=O) groups excluding carboxylic acids is 1. The van der Waals surface area contributed by atoms with E-state index in [9.17, 15) is 9.59 Å². The van der Waals surface area contributed by atoms with Gasteiger partial charge in [0.05, 0.1) is 5.56 Å². The molecule has 1 aliphatic heterocycles. The van der Waals surface area contributed by atoms with Crippen LogP contribution in [0.15, 0.2) is 18.2 Å². The molecule has 1 fully saturated rings. The number of hydrogen-bond donors (Lipinski definition) is 1. The summed E-state index contributed by atoms with van der Waals surface area (Å²) in [6.45, 7) is 0.686. The first kappa shape index (κ1) is 16.5. The van der Waals surface area contributed by atoms with Gasteiger partial charge in [-0.05, 0) is 66.5 Å². The number of carbonyl (C=O) groups is 2. The van der Waals surface area contributed by atoms with Crippen LogP contribution in [0, 0.1) is 3.57 Å². The molecule has 0 radical (unpaired) electrons. The number of nitrogens with zero attached hydrogens (tertiary/aromatic N) is 1. The molecular weight excluding hydrogens is 405 g/mol. The normalized spacial score (nSPS) is 18.6. The Morgan fingerprint density at radius 3 is 2.86 bits per heavy atom. The van der Waals surface area contributed by atoms with Gasteiger partial charge in [-0.2, -0.15) is 0 Å². The van der Waals surface area contributed by atoms with Gasteiger partial charge in [0.25, 0.3) is 5.91 Å². The largest absolute Gasteiger partial charge is 0.481 e. The summed E-state index contributed by atoms with van der Waals surface area (Å²) in [5.41, 5.74) is 0.602. The van der Waals surface area contributed by atoms with Gasteiger partial charge in [-0.15, -0.1) is 0 Å². The minimum Gasteiger partial charge on any atom is -0.481 e. The molecule has 0 aliphatic carbocycles. The predicted molar refractivity (Wildman–Crippen MR) is 89.7 cm³/mol. The van der Waals surface area contributed by atoms with E-state index < -0.39 is 5.97 Å². The molecule has 0 saturated carbocycles. The molecule has 1 aromatic rings. The monoisotopic (exact) mass is 421 g/mol. The van der Waals surface area contributed by atoms with Crippen molar-refractivity contribution in [2.24, 2.45) is 0 Å². The highest BCUT2D eigenvalue weighted by atomic mass is 127. The van der Waals surface area contributed by atoms with E-state index in [0.717, 1.165) is 22.8 Å². The van der Waals surface area contributed by atoms with Crippen LogP contribution in [0.4, 0.5) is 0 Å². The fraction of sp³-hybridized carbons (Fsp3) is 0.467. The van der Waals surface area contributed by atoms with Crippen molar-refractivity contribution < 1.29 is 14.7 Å². The lowest BCUT2D eigenvalue weighted by Crippen LogP contribution is -2.44. The standard InChI is InChI=1S/C15H17ClINO3/c16-10-4-6-13(17)12(9-10)15(21)18-8-2-1-3-11(18)5-7-14(19)20/h4,6,9,11H,1-3,5,7-8H2,(H,19,20). The van der Waals surface area contributed by atoms with Crippen LogP contribution >= 0.6 is 34.2 Å². The van der Waals surface area contributed by atoms with Crippen molar-refractivity contribution in [2.45, 2.75) is 38.1 Å². The Kier molecular flexibility index (Phi) is 5.87. The van der Waals surface area contributed by atoms with E-state index in [-0.39, 0.29) is 18.4 Å². The van der Waals surface area contributed by atoms with Crippen molar-refractivity contribution in [1.82, 2.24) is 4.90 Å². The molecular formula is C15H17ClINO3. The summed E-state index contributed by atoms with van der Waals surface area (Å²) in [5.74, 6) is -0.859. The van der Waals surface area contributed by atoms with E-state index in [2.05, 4.69) is 22.6 Å². The van der Waals surface area contributed by atoms with E-state index in [4.69, 9.17) is 16.7 Å². The number of aliphatic carboxylic acids is 1. The first-order valence-corrected chi connectivity index (χ1v) is 8.42. The number of carboxylic acid groups (broad SMARTS) is 1. The van der Waals surface area contributed by atoms with Crippen LogP contribution < -0.4 is 0 Å². The topological polar surface area (TPSA) is 57.6 Å². The van der Waals surface area contributed by atoms with E-state index >= 15 is 0 Å². The Bertz CT molecular complexity index is 550. The maximum Gasteiger partial charge on any atom is 0.303 e. The minimum absolute atomic E-state index is 0.0112. The molecule has 1 aromatic carbocycles. The lowest BCUT2D eigenvalue weighted by molar-refractivity contribution is -0.137. The van der Waals surface area contributed by atoms with E-state index in [1.165, 1.54) is 0 Å². The first-order valence-electron chi connectivity index (χ1n) is 6.97. The van der Waals surface area contributed by atoms with Crippen molar-refractivity contribution in [3.05, 3.63) is 32.4 Å². The first-order chi connectivity index (χ1) is 9.99. The molecule has 1 heterocycles. The van der Waals surface area contributed by atoms with Gasteiger partial charge in [0.15, 0.2) is 0 Å². The quantitative estimate of drug-likeness (QED) is 0.752. The number of carboxylic acids is 1.